The van der Waals surface area contributed by atoms with E-state index in [1.165, 1.54) is 7.11 Å². The van der Waals surface area contributed by atoms with Gasteiger partial charge in [-0.3, -0.25) is 4.79 Å². The molecule has 0 radical (unpaired) electrons. The molecule has 3 rings (SSSR count). The second kappa shape index (κ2) is 9.69. The number of amides is 1. The average molecular weight is 403 g/mol. The molecule has 0 unspecified atom stereocenters. The average Bonchev–Trinajstić information content (AvgIpc) is 2.78. The van der Waals surface area contributed by atoms with Gasteiger partial charge in [0.05, 0.1) is 18.4 Å². The van der Waals surface area contributed by atoms with E-state index >= 15 is 0 Å². The zero-order valence-corrected chi connectivity index (χ0v) is 17.3. The molecule has 30 heavy (non-hydrogen) atoms. The summed E-state index contributed by atoms with van der Waals surface area (Å²) in [5.74, 6) is 0.0900. The predicted molar refractivity (Wildman–Crippen MR) is 118 cm³/mol. The number of carbonyl (C=O) groups excluding carboxylic acids is 2. The van der Waals surface area contributed by atoms with Crippen molar-refractivity contribution < 1.29 is 14.3 Å². The summed E-state index contributed by atoms with van der Waals surface area (Å²) < 4.78 is 4.88. The fraction of sp³-hybridized carbons (Fsp3) is 0.208. The van der Waals surface area contributed by atoms with Gasteiger partial charge in [0.15, 0.2) is 0 Å². The summed E-state index contributed by atoms with van der Waals surface area (Å²) in [6, 6.07) is 18.9. The monoisotopic (exact) mass is 403 g/mol. The van der Waals surface area contributed by atoms with Gasteiger partial charge in [0.1, 0.15) is 5.82 Å². The van der Waals surface area contributed by atoms with Crippen LogP contribution in [-0.2, 0) is 16.1 Å². The molecule has 154 valence electrons. The molecule has 0 fully saturated rings. The Labute approximate surface area is 176 Å². The summed E-state index contributed by atoms with van der Waals surface area (Å²) in [5.41, 5.74) is 3.99. The number of aromatic nitrogens is 1. The first-order valence-corrected chi connectivity index (χ1v) is 9.76. The van der Waals surface area contributed by atoms with Crippen molar-refractivity contribution in [2.75, 3.05) is 17.7 Å². The summed E-state index contributed by atoms with van der Waals surface area (Å²) >= 11 is 0. The zero-order valence-electron chi connectivity index (χ0n) is 17.3. The number of benzene rings is 2. The standard InChI is InChI=1S/C24H25N3O3/c1-16(2)23(28)27-21-9-6-14-25-22(21)26-15-17-10-12-18(13-11-17)19-7-4-5-8-20(19)24(29)30-3/h4-14,16H,15H2,1-3H3,(H,25,26)(H,27,28). The van der Waals surface area contributed by atoms with Gasteiger partial charge in [-0.15, -0.1) is 0 Å². The summed E-state index contributed by atoms with van der Waals surface area (Å²) in [7, 11) is 1.38. The molecule has 0 aliphatic rings. The SMILES string of the molecule is COC(=O)c1ccccc1-c1ccc(CNc2ncccc2NC(=O)C(C)C)cc1. The van der Waals surface area contributed by atoms with E-state index in [1.807, 2.05) is 62.4 Å². The van der Waals surface area contributed by atoms with Gasteiger partial charge in [0.2, 0.25) is 5.91 Å². The van der Waals surface area contributed by atoms with Crippen LogP contribution in [0, 0.1) is 5.92 Å². The Kier molecular flexibility index (Phi) is 6.80. The van der Waals surface area contributed by atoms with Crippen molar-refractivity contribution >= 4 is 23.4 Å². The summed E-state index contributed by atoms with van der Waals surface area (Å²) in [6.07, 6.45) is 1.68. The Balaban J connectivity index is 1.73. The molecule has 1 amide bonds. The third kappa shape index (κ3) is 5.03. The summed E-state index contributed by atoms with van der Waals surface area (Å²) in [6.45, 7) is 4.23. The predicted octanol–water partition coefficient (Wildman–Crippen LogP) is 4.74. The topological polar surface area (TPSA) is 80.3 Å². The minimum absolute atomic E-state index is 0.0559. The van der Waals surface area contributed by atoms with Crippen LogP contribution < -0.4 is 10.6 Å². The van der Waals surface area contributed by atoms with E-state index in [-0.39, 0.29) is 17.8 Å². The molecule has 1 heterocycles. The molecule has 0 bridgehead atoms. The third-order valence-electron chi connectivity index (χ3n) is 4.65. The quantitative estimate of drug-likeness (QED) is 0.557. The summed E-state index contributed by atoms with van der Waals surface area (Å²) in [4.78, 5) is 28.4. The molecular weight excluding hydrogens is 378 g/mol. The number of nitrogens with zero attached hydrogens (tertiary/aromatic N) is 1. The van der Waals surface area contributed by atoms with Crippen molar-refractivity contribution in [3.05, 3.63) is 78.0 Å². The Morgan fingerprint density at radius 1 is 1.00 bits per heavy atom. The van der Waals surface area contributed by atoms with Crippen molar-refractivity contribution in [2.24, 2.45) is 5.92 Å². The number of nitrogens with one attached hydrogen (secondary N) is 2. The lowest BCUT2D eigenvalue weighted by Crippen LogP contribution is -2.19. The lowest BCUT2D eigenvalue weighted by molar-refractivity contribution is -0.118. The fourth-order valence-corrected chi connectivity index (χ4v) is 2.93. The minimum Gasteiger partial charge on any atom is -0.465 e. The van der Waals surface area contributed by atoms with Gasteiger partial charge < -0.3 is 15.4 Å². The highest BCUT2D eigenvalue weighted by Crippen LogP contribution is 2.25. The number of pyridine rings is 1. The Morgan fingerprint density at radius 2 is 1.73 bits per heavy atom. The van der Waals surface area contributed by atoms with Gasteiger partial charge in [-0.2, -0.15) is 0 Å². The van der Waals surface area contributed by atoms with E-state index in [2.05, 4.69) is 15.6 Å². The third-order valence-corrected chi connectivity index (χ3v) is 4.65. The lowest BCUT2D eigenvalue weighted by Gasteiger charge is -2.13. The smallest absolute Gasteiger partial charge is 0.338 e. The number of ether oxygens (including phenoxy) is 1. The molecule has 0 spiro atoms. The largest absolute Gasteiger partial charge is 0.465 e. The molecule has 2 aromatic carbocycles. The van der Waals surface area contributed by atoms with Crippen LogP contribution in [0.5, 0.6) is 0 Å². The maximum absolute atomic E-state index is 12.0. The molecule has 6 heteroatoms. The molecule has 0 atom stereocenters. The van der Waals surface area contributed by atoms with Crippen molar-refractivity contribution in [3.63, 3.8) is 0 Å². The molecular formula is C24H25N3O3. The molecule has 2 N–H and O–H groups in total. The molecule has 6 nitrogen and oxygen atoms in total. The molecule has 0 saturated heterocycles. The first-order valence-electron chi connectivity index (χ1n) is 9.76. The van der Waals surface area contributed by atoms with E-state index in [4.69, 9.17) is 4.74 Å². The van der Waals surface area contributed by atoms with Gasteiger partial charge in [-0.05, 0) is 34.9 Å². The maximum Gasteiger partial charge on any atom is 0.338 e. The first-order chi connectivity index (χ1) is 14.5. The Morgan fingerprint density at radius 3 is 2.43 bits per heavy atom. The molecule has 0 saturated carbocycles. The molecule has 1 aromatic heterocycles. The number of hydrogen-bond donors (Lipinski definition) is 2. The van der Waals surface area contributed by atoms with Crippen molar-refractivity contribution in [1.82, 2.24) is 4.98 Å². The van der Waals surface area contributed by atoms with Gasteiger partial charge in [-0.1, -0.05) is 56.3 Å². The van der Waals surface area contributed by atoms with E-state index in [1.54, 1.807) is 18.3 Å². The van der Waals surface area contributed by atoms with Crippen LogP contribution >= 0.6 is 0 Å². The normalized spacial score (nSPS) is 10.5. The number of carbonyl (C=O) groups is 2. The number of hydrogen-bond acceptors (Lipinski definition) is 5. The van der Waals surface area contributed by atoms with Crippen molar-refractivity contribution in [2.45, 2.75) is 20.4 Å². The van der Waals surface area contributed by atoms with E-state index < -0.39 is 0 Å². The maximum atomic E-state index is 12.0. The van der Waals surface area contributed by atoms with Crippen LogP contribution in [0.25, 0.3) is 11.1 Å². The Hall–Kier alpha value is -3.67. The van der Waals surface area contributed by atoms with Crippen LogP contribution in [0.1, 0.15) is 29.8 Å². The minimum atomic E-state index is -0.359. The van der Waals surface area contributed by atoms with Crippen molar-refractivity contribution in [1.29, 1.82) is 0 Å². The van der Waals surface area contributed by atoms with E-state index in [0.29, 0.717) is 23.6 Å². The zero-order chi connectivity index (χ0) is 21.5. The van der Waals surface area contributed by atoms with Crippen molar-refractivity contribution in [3.8, 4) is 11.1 Å². The van der Waals surface area contributed by atoms with Crippen LogP contribution in [0.4, 0.5) is 11.5 Å². The van der Waals surface area contributed by atoms with E-state index in [9.17, 15) is 9.59 Å². The second-order valence-corrected chi connectivity index (χ2v) is 7.13. The van der Waals surface area contributed by atoms with Crippen LogP contribution in [-0.4, -0.2) is 24.0 Å². The molecule has 0 aliphatic carbocycles. The van der Waals surface area contributed by atoms with Gasteiger partial charge in [-0.25, -0.2) is 9.78 Å². The van der Waals surface area contributed by atoms with Gasteiger partial charge >= 0.3 is 5.97 Å². The number of esters is 1. The van der Waals surface area contributed by atoms with E-state index in [0.717, 1.165) is 16.7 Å². The molecule has 3 aromatic rings. The van der Waals surface area contributed by atoms with Crippen LogP contribution in [0.2, 0.25) is 0 Å². The lowest BCUT2D eigenvalue weighted by atomic mass is 9.98. The van der Waals surface area contributed by atoms with Gasteiger partial charge in [0, 0.05) is 18.7 Å². The van der Waals surface area contributed by atoms with Gasteiger partial charge in [0.25, 0.3) is 0 Å². The highest BCUT2D eigenvalue weighted by atomic mass is 16.5. The number of anilines is 2. The summed E-state index contributed by atoms with van der Waals surface area (Å²) in [5, 5.41) is 6.16. The highest BCUT2D eigenvalue weighted by Gasteiger charge is 2.13. The number of rotatable bonds is 7. The molecule has 0 aliphatic heterocycles. The van der Waals surface area contributed by atoms with Crippen LogP contribution in [0.3, 0.4) is 0 Å². The fourth-order valence-electron chi connectivity index (χ4n) is 2.93. The first kappa shape index (κ1) is 21.0. The number of methoxy groups -OCH3 is 1. The Bertz CT molecular complexity index is 1030. The second-order valence-electron chi connectivity index (χ2n) is 7.13. The van der Waals surface area contributed by atoms with Crippen LogP contribution in [0.15, 0.2) is 66.9 Å². The highest BCUT2D eigenvalue weighted by molar-refractivity contribution is 5.97.